The van der Waals surface area contributed by atoms with Crippen LogP contribution in [0.4, 0.5) is 0 Å². The zero-order chi connectivity index (χ0) is 13.1. The van der Waals surface area contributed by atoms with Gasteiger partial charge in [-0.2, -0.15) is 0 Å². The van der Waals surface area contributed by atoms with Crippen LogP contribution in [0, 0.1) is 5.21 Å². The molecule has 100 valence electrons. The van der Waals surface area contributed by atoms with Crippen molar-refractivity contribution in [3.63, 3.8) is 0 Å². The lowest BCUT2D eigenvalue weighted by molar-refractivity contribution is -0.449. The van der Waals surface area contributed by atoms with Crippen LogP contribution in [0.3, 0.4) is 0 Å². The second-order valence-electron chi connectivity index (χ2n) is 5.10. The molecule has 7 nitrogen and oxygen atoms in total. The maximum atomic E-state index is 11.6. The maximum Gasteiger partial charge on any atom is 0.314 e. The summed E-state index contributed by atoms with van der Waals surface area (Å²) in [6.45, 7) is 7.95. The zero-order valence-electron chi connectivity index (χ0n) is 10.3. The van der Waals surface area contributed by atoms with Crippen LogP contribution in [-0.2, 0) is 14.2 Å². The molecule has 3 aliphatic rings. The monoisotopic (exact) mass is 256 g/mol. The topological polar surface area (TPSA) is 77.2 Å². The number of hydrogen-bond donors (Lipinski definition) is 1. The highest BCUT2D eigenvalue weighted by Crippen LogP contribution is 2.40. The van der Waals surface area contributed by atoms with Crippen molar-refractivity contribution in [2.75, 3.05) is 13.1 Å². The van der Waals surface area contributed by atoms with Crippen molar-refractivity contribution in [2.45, 2.75) is 38.1 Å². The van der Waals surface area contributed by atoms with Crippen molar-refractivity contribution in [3.8, 4) is 0 Å². The van der Waals surface area contributed by atoms with Crippen molar-refractivity contribution in [3.05, 3.63) is 17.4 Å². The molecule has 0 aromatic rings. The van der Waals surface area contributed by atoms with Gasteiger partial charge in [0.1, 0.15) is 12.6 Å². The molecule has 3 atom stereocenters. The summed E-state index contributed by atoms with van der Waals surface area (Å²) in [5.74, 6) is -0.570. The minimum Gasteiger partial charge on any atom is -0.715 e. The Morgan fingerprint density at radius 1 is 1.50 bits per heavy atom. The molecule has 0 aliphatic carbocycles. The molecule has 0 spiro atoms. The van der Waals surface area contributed by atoms with Crippen molar-refractivity contribution in [1.82, 2.24) is 5.06 Å². The third-order valence-electron chi connectivity index (χ3n) is 3.30. The fourth-order valence-corrected chi connectivity index (χ4v) is 2.49. The Labute approximate surface area is 104 Å². The van der Waals surface area contributed by atoms with E-state index in [0.717, 1.165) is 5.06 Å². The minimum atomic E-state index is -0.723. The number of hydrogen-bond acceptors (Lipinski definition) is 6. The van der Waals surface area contributed by atoms with E-state index in [1.165, 1.54) is 0 Å². The third kappa shape index (κ3) is 1.63. The Kier molecular flexibility index (Phi) is 2.43. The molecular weight excluding hydrogens is 240 g/mol. The normalized spacial score (nSPS) is 38.7. The Morgan fingerprint density at radius 3 is 2.78 bits per heavy atom. The van der Waals surface area contributed by atoms with Crippen molar-refractivity contribution in [1.29, 1.82) is 0 Å². The van der Waals surface area contributed by atoms with Crippen LogP contribution in [0.1, 0.15) is 13.8 Å². The third-order valence-corrected chi connectivity index (χ3v) is 3.30. The Balaban J connectivity index is 1.83. The summed E-state index contributed by atoms with van der Waals surface area (Å²) < 4.78 is 17.6. The van der Waals surface area contributed by atoms with Crippen LogP contribution in [0.25, 0.3) is 0 Å². The first-order valence-electron chi connectivity index (χ1n) is 5.87. The fourth-order valence-electron chi connectivity index (χ4n) is 2.49. The molecule has 3 heterocycles. The number of nitrogens with zero attached hydrogens (tertiary/aromatic N) is 2. The largest absolute Gasteiger partial charge is 0.715 e. The van der Waals surface area contributed by atoms with E-state index >= 15 is 0 Å². The first-order chi connectivity index (χ1) is 8.39. The molecule has 0 radical (unpaired) electrons. The van der Waals surface area contributed by atoms with E-state index in [1.54, 1.807) is 13.8 Å². The maximum absolute atomic E-state index is 11.6. The van der Waals surface area contributed by atoms with Gasteiger partial charge in [-0.3, -0.25) is 4.74 Å². The number of amidine groups is 1. The van der Waals surface area contributed by atoms with Gasteiger partial charge in [0.2, 0.25) is 0 Å². The Bertz CT molecular complexity index is 433. The molecule has 2 saturated heterocycles. The van der Waals surface area contributed by atoms with Gasteiger partial charge in [0.05, 0.1) is 0 Å². The summed E-state index contributed by atoms with van der Waals surface area (Å²) in [5.41, 5.74) is 0.599. The molecule has 0 bridgehead atoms. The number of fused-ring (bicyclic) bond motifs is 1. The van der Waals surface area contributed by atoms with E-state index in [0.29, 0.717) is 10.3 Å². The summed E-state index contributed by atoms with van der Waals surface area (Å²) in [6.07, 6.45) is -1.66. The lowest BCUT2D eigenvalue weighted by atomic mass is 10.1. The van der Waals surface area contributed by atoms with Gasteiger partial charge in [0.15, 0.2) is 24.7 Å². The van der Waals surface area contributed by atoms with Crippen molar-refractivity contribution >= 4 is 5.84 Å². The molecule has 18 heavy (non-hydrogen) atoms. The number of ether oxygens (including phenoxy) is 3. The quantitative estimate of drug-likeness (QED) is 0.405. The van der Waals surface area contributed by atoms with Crippen LogP contribution in [0.2, 0.25) is 0 Å². The standard InChI is InChI=1S/C11H16N2O5/c1-6-7(9-12(14)4-5-13(9)15)16-10-8(6)17-11(2,3)18-10/h7-8,10,14H,1,4-5H2,2-3H3. The van der Waals surface area contributed by atoms with E-state index in [-0.39, 0.29) is 18.9 Å². The number of rotatable bonds is 1. The van der Waals surface area contributed by atoms with Crippen LogP contribution in [0.5, 0.6) is 0 Å². The van der Waals surface area contributed by atoms with Gasteiger partial charge >= 0.3 is 5.84 Å². The molecule has 3 unspecified atom stereocenters. The molecule has 2 fully saturated rings. The van der Waals surface area contributed by atoms with Gasteiger partial charge in [-0.1, -0.05) is 6.58 Å². The zero-order valence-corrected chi connectivity index (χ0v) is 10.3. The summed E-state index contributed by atoms with van der Waals surface area (Å²) in [6, 6.07) is 0. The van der Waals surface area contributed by atoms with Crippen LogP contribution in [-0.4, -0.2) is 58.2 Å². The molecule has 0 aromatic heterocycles. The van der Waals surface area contributed by atoms with E-state index < -0.39 is 24.3 Å². The average molecular weight is 256 g/mol. The fraction of sp³-hybridized carbons (Fsp3) is 0.727. The summed E-state index contributed by atoms with van der Waals surface area (Å²) in [5, 5.41) is 22.2. The van der Waals surface area contributed by atoms with E-state index in [1.807, 2.05) is 0 Å². The minimum absolute atomic E-state index is 0.152. The molecule has 3 rings (SSSR count). The molecule has 0 aromatic carbocycles. The molecule has 3 aliphatic heterocycles. The van der Waals surface area contributed by atoms with Gasteiger partial charge in [-0.15, -0.1) is 5.06 Å². The van der Waals surface area contributed by atoms with E-state index in [4.69, 9.17) is 14.2 Å². The Morgan fingerprint density at radius 2 is 2.22 bits per heavy atom. The van der Waals surface area contributed by atoms with Crippen molar-refractivity contribution < 1.29 is 24.2 Å². The first kappa shape index (κ1) is 11.9. The lowest BCUT2D eigenvalue weighted by Crippen LogP contribution is -2.38. The molecule has 1 N–H and O–H groups in total. The molecule has 0 amide bonds. The smallest absolute Gasteiger partial charge is 0.314 e. The summed E-state index contributed by atoms with van der Waals surface area (Å²) >= 11 is 0. The highest BCUT2D eigenvalue weighted by molar-refractivity contribution is 5.85. The second kappa shape index (κ2) is 3.67. The highest BCUT2D eigenvalue weighted by Gasteiger charge is 2.55. The van der Waals surface area contributed by atoms with Crippen LogP contribution >= 0.6 is 0 Å². The van der Waals surface area contributed by atoms with Gasteiger partial charge in [0, 0.05) is 0 Å². The van der Waals surface area contributed by atoms with Gasteiger partial charge in [0.25, 0.3) is 0 Å². The number of hydroxylamine groups is 3. The highest BCUT2D eigenvalue weighted by atomic mass is 16.8. The second-order valence-corrected chi connectivity index (χ2v) is 5.10. The van der Waals surface area contributed by atoms with Gasteiger partial charge in [-0.25, -0.2) is 5.21 Å². The van der Waals surface area contributed by atoms with Gasteiger partial charge < -0.3 is 19.4 Å². The average Bonchev–Trinajstić information content (AvgIpc) is 2.83. The predicted molar refractivity (Wildman–Crippen MR) is 59.8 cm³/mol. The van der Waals surface area contributed by atoms with Crippen molar-refractivity contribution in [2.24, 2.45) is 0 Å². The summed E-state index contributed by atoms with van der Waals surface area (Å²) in [7, 11) is 0. The predicted octanol–water partition coefficient (Wildman–Crippen LogP) is 0.0326. The van der Waals surface area contributed by atoms with E-state index in [9.17, 15) is 10.4 Å². The van der Waals surface area contributed by atoms with Gasteiger partial charge in [-0.05, 0) is 19.4 Å². The van der Waals surface area contributed by atoms with Crippen LogP contribution in [0.15, 0.2) is 12.2 Å². The molecule has 0 saturated carbocycles. The lowest BCUT2D eigenvalue weighted by Gasteiger charge is -2.21. The Hall–Kier alpha value is -1.15. The van der Waals surface area contributed by atoms with Crippen LogP contribution < -0.4 is 0 Å². The van der Waals surface area contributed by atoms with E-state index in [2.05, 4.69) is 6.58 Å². The molecule has 7 heteroatoms. The summed E-state index contributed by atoms with van der Waals surface area (Å²) in [4.78, 5) is 0. The first-order valence-corrected chi connectivity index (χ1v) is 5.87. The SMILES string of the molecule is C=C1C(C2=[N+]([O-])CCN2O)OC2OC(C)(C)OC12. The molecular formula is C11H16N2O5.